The second-order valence-corrected chi connectivity index (χ2v) is 9.49. The molecule has 28 heavy (non-hydrogen) atoms. The van der Waals surface area contributed by atoms with Crippen LogP contribution in [0.4, 0.5) is 4.39 Å². The lowest BCUT2D eigenvalue weighted by molar-refractivity contribution is 0.243. The molecule has 3 heterocycles. The number of aromatic nitrogens is 2. The van der Waals surface area contributed by atoms with E-state index in [1.807, 2.05) is 0 Å². The molecule has 3 aromatic rings. The van der Waals surface area contributed by atoms with E-state index in [1.165, 1.54) is 17.0 Å². The van der Waals surface area contributed by atoms with Crippen molar-refractivity contribution in [2.45, 2.75) is 45.7 Å². The Balaban J connectivity index is 1.50. The Bertz CT molecular complexity index is 1050. The van der Waals surface area contributed by atoms with Gasteiger partial charge in [0.05, 0.1) is 11.3 Å². The SMILES string of the molecule is CC(C)(C)c1nc2c(c(=O)[nH]1)CN(Cc1ccc(-c3ccc(F)cc3)s1)CC2. The highest BCUT2D eigenvalue weighted by Gasteiger charge is 2.25. The predicted octanol–water partition coefficient (Wildman–Crippen LogP) is 4.49. The maximum atomic E-state index is 13.1. The van der Waals surface area contributed by atoms with Crippen LogP contribution in [0.2, 0.25) is 0 Å². The van der Waals surface area contributed by atoms with Crippen molar-refractivity contribution in [3.8, 4) is 10.4 Å². The lowest BCUT2D eigenvalue weighted by Gasteiger charge is -2.28. The number of hydrogen-bond acceptors (Lipinski definition) is 4. The van der Waals surface area contributed by atoms with Gasteiger partial charge in [-0.25, -0.2) is 9.37 Å². The summed E-state index contributed by atoms with van der Waals surface area (Å²) in [7, 11) is 0. The van der Waals surface area contributed by atoms with Crippen molar-refractivity contribution in [3.63, 3.8) is 0 Å². The van der Waals surface area contributed by atoms with Crippen molar-refractivity contribution in [1.82, 2.24) is 14.9 Å². The van der Waals surface area contributed by atoms with Gasteiger partial charge in [-0.15, -0.1) is 11.3 Å². The van der Waals surface area contributed by atoms with Crippen molar-refractivity contribution >= 4 is 11.3 Å². The maximum absolute atomic E-state index is 13.1. The Morgan fingerprint density at radius 2 is 1.93 bits per heavy atom. The number of fused-ring (bicyclic) bond motifs is 1. The number of H-pyrrole nitrogens is 1. The maximum Gasteiger partial charge on any atom is 0.255 e. The fourth-order valence-electron chi connectivity index (χ4n) is 3.42. The average Bonchev–Trinajstić information content (AvgIpc) is 3.10. The molecule has 0 saturated heterocycles. The van der Waals surface area contributed by atoms with Crippen LogP contribution >= 0.6 is 11.3 Å². The largest absolute Gasteiger partial charge is 0.310 e. The molecule has 0 radical (unpaired) electrons. The van der Waals surface area contributed by atoms with Crippen molar-refractivity contribution < 1.29 is 4.39 Å². The summed E-state index contributed by atoms with van der Waals surface area (Å²) < 4.78 is 13.1. The molecule has 1 N–H and O–H groups in total. The summed E-state index contributed by atoms with van der Waals surface area (Å²) in [5.74, 6) is 0.535. The third-order valence-electron chi connectivity index (χ3n) is 5.03. The van der Waals surface area contributed by atoms with E-state index in [-0.39, 0.29) is 16.8 Å². The number of aromatic amines is 1. The van der Waals surface area contributed by atoms with E-state index in [4.69, 9.17) is 4.98 Å². The monoisotopic (exact) mass is 397 g/mol. The van der Waals surface area contributed by atoms with Gasteiger partial charge in [0.25, 0.3) is 5.56 Å². The highest BCUT2D eigenvalue weighted by molar-refractivity contribution is 7.15. The Morgan fingerprint density at radius 1 is 1.18 bits per heavy atom. The molecule has 1 aliphatic heterocycles. The van der Waals surface area contributed by atoms with Crippen molar-refractivity contribution in [3.05, 3.63) is 74.5 Å². The molecule has 0 saturated carbocycles. The normalized spacial score (nSPS) is 14.9. The van der Waals surface area contributed by atoms with E-state index >= 15 is 0 Å². The predicted molar refractivity (Wildman–Crippen MR) is 111 cm³/mol. The number of nitrogens with one attached hydrogen (secondary N) is 1. The molecular weight excluding hydrogens is 373 g/mol. The van der Waals surface area contributed by atoms with Crippen LogP contribution in [0.25, 0.3) is 10.4 Å². The summed E-state index contributed by atoms with van der Waals surface area (Å²) in [6, 6.07) is 10.8. The van der Waals surface area contributed by atoms with Gasteiger partial charge in [-0.2, -0.15) is 0 Å². The molecule has 146 valence electrons. The first-order valence-corrected chi connectivity index (χ1v) is 10.3. The summed E-state index contributed by atoms with van der Waals surface area (Å²) >= 11 is 1.71. The molecular formula is C22H24FN3OS. The van der Waals surface area contributed by atoms with E-state index in [0.29, 0.717) is 6.54 Å². The van der Waals surface area contributed by atoms with Gasteiger partial charge in [-0.3, -0.25) is 9.69 Å². The number of nitrogens with zero attached hydrogens (tertiary/aromatic N) is 2. The first kappa shape index (κ1) is 19.0. The smallest absolute Gasteiger partial charge is 0.255 e. The molecule has 0 unspecified atom stereocenters. The second-order valence-electron chi connectivity index (χ2n) is 8.32. The third kappa shape index (κ3) is 3.93. The minimum Gasteiger partial charge on any atom is -0.310 e. The van der Waals surface area contributed by atoms with E-state index in [0.717, 1.165) is 47.0 Å². The second kappa shape index (κ2) is 7.26. The van der Waals surface area contributed by atoms with Gasteiger partial charge in [-0.1, -0.05) is 32.9 Å². The average molecular weight is 398 g/mol. The van der Waals surface area contributed by atoms with Gasteiger partial charge in [0.1, 0.15) is 11.6 Å². The Morgan fingerprint density at radius 3 is 2.64 bits per heavy atom. The van der Waals surface area contributed by atoms with Gasteiger partial charge in [0.15, 0.2) is 0 Å². The van der Waals surface area contributed by atoms with Gasteiger partial charge in [-0.05, 0) is 29.8 Å². The molecule has 0 bridgehead atoms. The number of halogens is 1. The highest BCUT2D eigenvalue weighted by atomic mass is 32.1. The van der Waals surface area contributed by atoms with Crippen LogP contribution in [0.15, 0.2) is 41.2 Å². The van der Waals surface area contributed by atoms with Crippen LogP contribution < -0.4 is 5.56 Å². The molecule has 4 rings (SSSR count). The van der Waals surface area contributed by atoms with E-state index < -0.39 is 0 Å². The molecule has 1 aromatic carbocycles. The first-order valence-electron chi connectivity index (χ1n) is 9.49. The summed E-state index contributed by atoms with van der Waals surface area (Å²) in [4.78, 5) is 24.9. The minimum absolute atomic E-state index is 0.0159. The number of rotatable bonds is 3. The van der Waals surface area contributed by atoms with Crippen LogP contribution in [0.1, 0.15) is 42.7 Å². The molecule has 4 nitrogen and oxygen atoms in total. The Labute approximate surface area is 168 Å². The molecule has 2 aromatic heterocycles. The fraction of sp³-hybridized carbons (Fsp3) is 0.364. The zero-order valence-corrected chi connectivity index (χ0v) is 17.2. The Kier molecular flexibility index (Phi) is 4.93. The van der Waals surface area contributed by atoms with Gasteiger partial charge >= 0.3 is 0 Å². The zero-order valence-electron chi connectivity index (χ0n) is 16.4. The molecule has 0 spiro atoms. The first-order chi connectivity index (χ1) is 13.3. The molecule has 6 heteroatoms. The molecule has 0 fully saturated rings. The molecule has 0 atom stereocenters. The Hall–Kier alpha value is -2.31. The topological polar surface area (TPSA) is 49.0 Å². The molecule has 1 aliphatic rings. The molecule has 0 aliphatic carbocycles. The lowest BCUT2D eigenvalue weighted by atomic mass is 9.95. The van der Waals surface area contributed by atoms with Crippen LogP contribution in [-0.2, 0) is 24.9 Å². The van der Waals surface area contributed by atoms with Gasteiger partial charge in [0.2, 0.25) is 0 Å². The van der Waals surface area contributed by atoms with Gasteiger partial charge < -0.3 is 4.98 Å². The van der Waals surface area contributed by atoms with E-state index in [1.54, 1.807) is 23.5 Å². The van der Waals surface area contributed by atoms with Crippen molar-refractivity contribution in [2.24, 2.45) is 0 Å². The number of thiophene rings is 1. The quantitative estimate of drug-likeness (QED) is 0.708. The van der Waals surface area contributed by atoms with E-state index in [2.05, 4.69) is 42.8 Å². The third-order valence-corrected chi connectivity index (χ3v) is 6.15. The van der Waals surface area contributed by atoms with E-state index in [9.17, 15) is 9.18 Å². The van der Waals surface area contributed by atoms with Gasteiger partial charge in [0, 0.05) is 41.2 Å². The highest BCUT2D eigenvalue weighted by Crippen LogP contribution is 2.30. The summed E-state index contributed by atoms with van der Waals surface area (Å²) in [6.07, 6.45) is 0.790. The summed E-state index contributed by atoms with van der Waals surface area (Å²) in [6.45, 7) is 8.47. The number of hydrogen-bond donors (Lipinski definition) is 1. The zero-order chi connectivity index (χ0) is 19.9. The van der Waals surface area contributed by atoms with Crippen LogP contribution in [0, 0.1) is 5.82 Å². The summed E-state index contributed by atoms with van der Waals surface area (Å²) in [5.41, 5.74) is 2.56. The van der Waals surface area contributed by atoms with Crippen LogP contribution in [0.5, 0.6) is 0 Å². The van der Waals surface area contributed by atoms with Crippen LogP contribution in [0.3, 0.4) is 0 Å². The van der Waals surface area contributed by atoms with Crippen LogP contribution in [-0.4, -0.2) is 21.4 Å². The van der Waals surface area contributed by atoms with Crippen molar-refractivity contribution in [1.29, 1.82) is 0 Å². The fourth-order valence-corrected chi connectivity index (χ4v) is 4.48. The minimum atomic E-state index is -0.221. The standard InChI is InChI=1S/C22H24FN3OS/c1-22(2,3)21-24-18-10-11-26(13-17(18)20(27)25-21)12-16-8-9-19(28-16)14-4-6-15(23)7-5-14/h4-9H,10-13H2,1-3H3,(H,24,25,27). The summed E-state index contributed by atoms with van der Waals surface area (Å²) in [5, 5.41) is 0. The molecule has 0 amide bonds. The lowest BCUT2D eigenvalue weighted by Crippen LogP contribution is -2.36. The van der Waals surface area contributed by atoms with Crippen molar-refractivity contribution in [2.75, 3.05) is 6.54 Å². The number of benzene rings is 1.